The summed E-state index contributed by atoms with van der Waals surface area (Å²) < 4.78 is 3.48. The number of nitrogens with zero attached hydrogens (tertiary/aromatic N) is 7. The van der Waals surface area contributed by atoms with Crippen molar-refractivity contribution in [3.8, 4) is 0 Å². The number of hydrogen-bond donors (Lipinski definition) is 2. The molecule has 0 aromatic carbocycles. The van der Waals surface area contributed by atoms with Crippen LogP contribution >= 0.6 is 11.8 Å². The van der Waals surface area contributed by atoms with E-state index in [9.17, 15) is 9.90 Å². The first-order valence-corrected chi connectivity index (χ1v) is 9.52. The normalized spacial score (nSPS) is 15.0. The Morgan fingerprint density at radius 1 is 1.44 bits per heavy atom. The van der Waals surface area contributed by atoms with Crippen molar-refractivity contribution in [2.45, 2.75) is 31.3 Å². The third kappa shape index (κ3) is 3.60. The van der Waals surface area contributed by atoms with Crippen molar-refractivity contribution >= 4 is 17.7 Å². The number of nitrogens with one attached hydrogen (secondary N) is 1. The molecule has 142 valence electrons. The van der Waals surface area contributed by atoms with Crippen molar-refractivity contribution in [3.05, 3.63) is 41.2 Å². The molecule has 10 nitrogen and oxygen atoms in total. The average molecular weight is 388 g/mol. The third-order valence-electron chi connectivity index (χ3n) is 4.49. The van der Waals surface area contributed by atoms with Crippen LogP contribution in [0.2, 0.25) is 0 Å². The van der Waals surface area contributed by atoms with Gasteiger partial charge in [-0.2, -0.15) is 10.2 Å². The van der Waals surface area contributed by atoms with Gasteiger partial charge in [-0.15, -0.1) is 5.10 Å². The van der Waals surface area contributed by atoms with E-state index in [-0.39, 0.29) is 11.7 Å². The SMILES string of the molecule is Cc1nc(SCC(=O)N2CCn3nc(C(O)c4ccnn4C)cc3C2)n[nH]1. The summed E-state index contributed by atoms with van der Waals surface area (Å²) in [6, 6.07) is 3.61. The molecule has 1 aliphatic rings. The lowest BCUT2D eigenvalue weighted by Crippen LogP contribution is -2.39. The van der Waals surface area contributed by atoms with Crippen LogP contribution in [0.3, 0.4) is 0 Å². The summed E-state index contributed by atoms with van der Waals surface area (Å²) in [7, 11) is 1.78. The molecule has 4 heterocycles. The van der Waals surface area contributed by atoms with E-state index in [1.54, 1.807) is 28.9 Å². The second-order valence-electron chi connectivity index (χ2n) is 6.37. The standard InChI is InChI=1S/C16H20N8O2S/c1-10-18-16(20-19-10)27-9-14(25)23-5-6-24-11(8-23)7-12(21-24)15(26)13-3-4-17-22(13)2/h3-4,7,15,26H,5-6,8-9H2,1-2H3,(H,18,19,20). The van der Waals surface area contributed by atoms with Crippen molar-refractivity contribution in [3.63, 3.8) is 0 Å². The van der Waals surface area contributed by atoms with E-state index in [0.29, 0.717) is 36.2 Å². The largest absolute Gasteiger partial charge is 0.380 e. The van der Waals surface area contributed by atoms with E-state index in [4.69, 9.17) is 0 Å². The molecule has 0 fully saturated rings. The summed E-state index contributed by atoms with van der Waals surface area (Å²) >= 11 is 1.32. The average Bonchev–Trinajstić information content (AvgIpc) is 3.37. The molecule has 27 heavy (non-hydrogen) atoms. The molecule has 2 N–H and O–H groups in total. The number of aromatic nitrogens is 7. The maximum Gasteiger partial charge on any atom is 0.233 e. The van der Waals surface area contributed by atoms with E-state index in [2.05, 4.69) is 25.4 Å². The Balaban J connectivity index is 1.41. The van der Waals surface area contributed by atoms with Crippen LogP contribution in [-0.2, 0) is 24.9 Å². The quantitative estimate of drug-likeness (QED) is 0.602. The molecule has 3 aromatic heterocycles. The van der Waals surface area contributed by atoms with Crippen LogP contribution in [0.15, 0.2) is 23.5 Å². The predicted octanol–water partition coefficient (Wildman–Crippen LogP) is 0.259. The van der Waals surface area contributed by atoms with Crippen LogP contribution < -0.4 is 0 Å². The van der Waals surface area contributed by atoms with Gasteiger partial charge < -0.3 is 10.0 Å². The molecule has 0 saturated carbocycles. The van der Waals surface area contributed by atoms with Crippen molar-refractivity contribution in [2.75, 3.05) is 12.3 Å². The molecular formula is C16H20N8O2S. The zero-order valence-corrected chi connectivity index (χ0v) is 15.8. The molecule has 0 aliphatic carbocycles. The Morgan fingerprint density at radius 2 is 2.30 bits per heavy atom. The molecule has 1 atom stereocenters. The molecule has 0 bridgehead atoms. The monoisotopic (exact) mass is 388 g/mol. The maximum absolute atomic E-state index is 12.5. The fraction of sp³-hybridized carbons (Fsp3) is 0.438. The highest BCUT2D eigenvalue weighted by molar-refractivity contribution is 7.99. The number of aliphatic hydroxyl groups excluding tert-OH is 1. The molecule has 0 saturated heterocycles. The second kappa shape index (κ2) is 7.16. The molecule has 3 aromatic rings. The predicted molar refractivity (Wildman–Crippen MR) is 96.8 cm³/mol. The van der Waals surface area contributed by atoms with Crippen LogP contribution in [-0.4, -0.2) is 63.0 Å². The van der Waals surface area contributed by atoms with Crippen molar-refractivity contribution in [1.82, 2.24) is 39.6 Å². The van der Waals surface area contributed by atoms with Crippen LogP contribution in [0.25, 0.3) is 0 Å². The molecule has 1 unspecified atom stereocenters. The van der Waals surface area contributed by atoms with Gasteiger partial charge in [0, 0.05) is 19.8 Å². The number of carbonyl (C=O) groups is 1. The number of carbonyl (C=O) groups excluding carboxylic acids is 1. The van der Waals surface area contributed by atoms with Crippen LogP contribution in [0.5, 0.6) is 0 Å². The summed E-state index contributed by atoms with van der Waals surface area (Å²) in [6.07, 6.45) is 0.798. The van der Waals surface area contributed by atoms with Crippen LogP contribution in [0, 0.1) is 6.92 Å². The maximum atomic E-state index is 12.5. The number of aliphatic hydroxyl groups is 1. The fourth-order valence-electron chi connectivity index (χ4n) is 3.04. The number of amides is 1. The summed E-state index contributed by atoms with van der Waals surface area (Å²) in [5.74, 6) is 1.05. The molecule has 4 rings (SSSR count). The summed E-state index contributed by atoms with van der Waals surface area (Å²) in [5, 5.41) is 26.5. The Bertz CT molecular complexity index is 961. The van der Waals surface area contributed by atoms with Crippen LogP contribution in [0.1, 0.15) is 29.0 Å². The number of H-pyrrole nitrogens is 1. The lowest BCUT2D eigenvalue weighted by atomic mass is 10.1. The minimum Gasteiger partial charge on any atom is -0.380 e. The number of fused-ring (bicyclic) bond motifs is 1. The van der Waals surface area contributed by atoms with Gasteiger partial charge in [-0.3, -0.25) is 19.3 Å². The summed E-state index contributed by atoms with van der Waals surface area (Å²) in [4.78, 5) is 18.5. The lowest BCUT2D eigenvalue weighted by Gasteiger charge is -2.27. The lowest BCUT2D eigenvalue weighted by molar-refractivity contribution is -0.129. The minimum atomic E-state index is -0.843. The van der Waals surface area contributed by atoms with Crippen molar-refractivity contribution < 1.29 is 9.90 Å². The van der Waals surface area contributed by atoms with E-state index in [0.717, 1.165) is 11.5 Å². The van der Waals surface area contributed by atoms with Gasteiger partial charge >= 0.3 is 0 Å². The second-order valence-corrected chi connectivity index (χ2v) is 7.32. The molecule has 0 spiro atoms. The first kappa shape index (κ1) is 17.7. The van der Waals surface area contributed by atoms with E-state index < -0.39 is 6.10 Å². The summed E-state index contributed by atoms with van der Waals surface area (Å²) in [6.45, 7) is 3.48. The number of aromatic amines is 1. The van der Waals surface area contributed by atoms with Gasteiger partial charge in [-0.05, 0) is 19.1 Å². The topological polar surface area (TPSA) is 118 Å². The fourth-order valence-corrected chi connectivity index (χ4v) is 3.79. The van der Waals surface area contributed by atoms with E-state index in [1.165, 1.54) is 11.8 Å². The summed E-state index contributed by atoms with van der Waals surface area (Å²) in [5.41, 5.74) is 2.15. The molecular weight excluding hydrogens is 368 g/mol. The van der Waals surface area contributed by atoms with Gasteiger partial charge in [0.25, 0.3) is 0 Å². The van der Waals surface area contributed by atoms with E-state index in [1.807, 2.05) is 17.7 Å². The highest BCUT2D eigenvalue weighted by Crippen LogP contribution is 2.24. The van der Waals surface area contributed by atoms with Gasteiger partial charge in [0.15, 0.2) is 0 Å². The Labute approximate surface area is 159 Å². The number of hydrogen-bond acceptors (Lipinski definition) is 7. The first-order chi connectivity index (χ1) is 13.0. The highest BCUT2D eigenvalue weighted by Gasteiger charge is 2.25. The Kier molecular flexibility index (Phi) is 4.70. The van der Waals surface area contributed by atoms with Gasteiger partial charge in [-0.1, -0.05) is 11.8 Å². The highest BCUT2D eigenvalue weighted by atomic mass is 32.2. The Hall–Kier alpha value is -2.66. The van der Waals surface area contributed by atoms with Gasteiger partial charge in [-0.25, -0.2) is 4.98 Å². The van der Waals surface area contributed by atoms with Crippen molar-refractivity contribution in [1.29, 1.82) is 0 Å². The molecule has 1 aliphatic heterocycles. The van der Waals surface area contributed by atoms with Gasteiger partial charge in [0.05, 0.1) is 35.9 Å². The minimum absolute atomic E-state index is 0.0311. The zero-order chi connectivity index (χ0) is 19.0. The number of thioether (sulfide) groups is 1. The Morgan fingerprint density at radius 3 is 3.00 bits per heavy atom. The number of rotatable bonds is 5. The van der Waals surface area contributed by atoms with Gasteiger partial charge in [0.2, 0.25) is 11.1 Å². The van der Waals surface area contributed by atoms with Crippen molar-refractivity contribution in [2.24, 2.45) is 7.05 Å². The molecule has 1 amide bonds. The van der Waals surface area contributed by atoms with E-state index >= 15 is 0 Å². The molecule has 0 radical (unpaired) electrons. The molecule has 11 heteroatoms. The van der Waals surface area contributed by atoms with Gasteiger partial charge in [0.1, 0.15) is 11.9 Å². The smallest absolute Gasteiger partial charge is 0.233 e. The first-order valence-electron chi connectivity index (χ1n) is 8.53. The van der Waals surface area contributed by atoms with Crippen LogP contribution in [0.4, 0.5) is 0 Å². The zero-order valence-electron chi connectivity index (χ0n) is 15.0. The third-order valence-corrected chi connectivity index (χ3v) is 5.32. The number of aryl methyl sites for hydroxylation is 2.